The molecule has 0 radical (unpaired) electrons. The van der Waals surface area contributed by atoms with E-state index >= 15 is 0 Å². The van der Waals surface area contributed by atoms with Crippen molar-refractivity contribution >= 4 is 11.8 Å². The number of hydrogen-bond acceptors (Lipinski definition) is 2. The molecule has 1 aromatic rings. The number of hydrogen-bond donors (Lipinski definition) is 1. The largest absolute Gasteiger partial charge is 0.307 e. The maximum Gasteiger partial charge on any atom is 0.0294 e. The van der Waals surface area contributed by atoms with Gasteiger partial charge in [0.05, 0.1) is 0 Å². The first kappa shape index (κ1) is 13.5. The summed E-state index contributed by atoms with van der Waals surface area (Å²) in [6, 6.07) is 8.41. The van der Waals surface area contributed by atoms with E-state index in [-0.39, 0.29) is 0 Å². The summed E-state index contributed by atoms with van der Waals surface area (Å²) in [6.45, 7) is 2.33. The third-order valence-electron chi connectivity index (χ3n) is 4.58. The summed E-state index contributed by atoms with van der Waals surface area (Å²) < 4.78 is 0. The van der Waals surface area contributed by atoms with Crippen LogP contribution in [0.2, 0.25) is 0 Å². The molecule has 0 spiro atoms. The second kappa shape index (κ2) is 6.32. The molecule has 0 saturated carbocycles. The van der Waals surface area contributed by atoms with E-state index in [9.17, 15) is 0 Å². The number of rotatable bonds is 3. The maximum atomic E-state index is 3.83. The van der Waals surface area contributed by atoms with Crippen molar-refractivity contribution < 1.29 is 0 Å². The number of fused-ring (bicyclic) bond motifs is 1. The molecule has 3 rings (SSSR count). The van der Waals surface area contributed by atoms with Crippen molar-refractivity contribution in [2.45, 2.75) is 57.5 Å². The molecule has 19 heavy (non-hydrogen) atoms. The summed E-state index contributed by atoms with van der Waals surface area (Å²) in [5, 5.41) is 3.83. The summed E-state index contributed by atoms with van der Waals surface area (Å²) in [5.74, 6) is 2.66. The van der Waals surface area contributed by atoms with E-state index in [2.05, 4.69) is 42.2 Å². The minimum absolute atomic E-state index is 0.500. The SMILES string of the molecule is C[C@@H](NC1CCSCC1)c1ccc2c(c1)CCCC2. The molecule has 1 aromatic carbocycles. The van der Waals surface area contributed by atoms with Crippen LogP contribution < -0.4 is 5.32 Å². The predicted molar refractivity (Wildman–Crippen MR) is 85.0 cm³/mol. The first-order chi connectivity index (χ1) is 9.33. The van der Waals surface area contributed by atoms with E-state index in [4.69, 9.17) is 0 Å². The van der Waals surface area contributed by atoms with Crippen LogP contribution in [-0.2, 0) is 12.8 Å². The van der Waals surface area contributed by atoms with Gasteiger partial charge in [0.25, 0.3) is 0 Å². The Morgan fingerprint density at radius 2 is 1.84 bits per heavy atom. The van der Waals surface area contributed by atoms with Gasteiger partial charge < -0.3 is 5.32 Å². The van der Waals surface area contributed by atoms with Crippen LogP contribution in [0.25, 0.3) is 0 Å². The minimum Gasteiger partial charge on any atom is -0.307 e. The Kier molecular flexibility index (Phi) is 4.49. The quantitative estimate of drug-likeness (QED) is 0.891. The maximum absolute atomic E-state index is 3.83. The third kappa shape index (κ3) is 3.35. The number of nitrogens with one attached hydrogen (secondary N) is 1. The lowest BCUT2D eigenvalue weighted by Crippen LogP contribution is -2.34. The Balaban J connectivity index is 1.67. The predicted octanol–water partition coefficient (Wildman–Crippen LogP) is 4.11. The molecule has 0 unspecified atom stereocenters. The molecular weight excluding hydrogens is 250 g/mol. The zero-order chi connectivity index (χ0) is 13.1. The van der Waals surface area contributed by atoms with Gasteiger partial charge >= 0.3 is 0 Å². The zero-order valence-corrected chi connectivity index (χ0v) is 12.8. The van der Waals surface area contributed by atoms with Crippen LogP contribution in [0.15, 0.2) is 18.2 Å². The van der Waals surface area contributed by atoms with Crippen molar-refractivity contribution in [3.8, 4) is 0 Å². The van der Waals surface area contributed by atoms with Crippen LogP contribution in [0.5, 0.6) is 0 Å². The second-order valence-corrected chi connectivity index (χ2v) is 7.24. The average molecular weight is 275 g/mol. The van der Waals surface area contributed by atoms with Crippen molar-refractivity contribution in [2.75, 3.05) is 11.5 Å². The summed E-state index contributed by atoms with van der Waals surface area (Å²) in [7, 11) is 0. The Hall–Kier alpha value is -0.470. The van der Waals surface area contributed by atoms with Gasteiger partial charge in [0.2, 0.25) is 0 Å². The van der Waals surface area contributed by atoms with Gasteiger partial charge in [0, 0.05) is 12.1 Å². The number of benzene rings is 1. The van der Waals surface area contributed by atoms with Crippen molar-refractivity contribution in [3.63, 3.8) is 0 Å². The van der Waals surface area contributed by atoms with Crippen molar-refractivity contribution in [1.82, 2.24) is 5.32 Å². The molecule has 1 atom stereocenters. The number of thioether (sulfide) groups is 1. The van der Waals surface area contributed by atoms with Gasteiger partial charge in [0.15, 0.2) is 0 Å². The summed E-state index contributed by atoms with van der Waals surface area (Å²) in [5.41, 5.74) is 4.69. The van der Waals surface area contributed by atoms with E-state index in [1.807, 2.05) is 0 Å². The highest BCUT2D eigenvalue weighted by Gasteiger charge is 2.17. The zero-order valence-electron chi connectivity index (χ0n) is 12.0. The average Bonchev–Trinajstić information content (AvgIpc) is 2.48. The highest BCUT2D eigenvalue weighted by atomic mass is 32.2. The topological polar surface area (TPSA) is 12.0 Å². The fourth-order valence-electron chi connectivity index (χ4n) is 3.34. The smallest absolute Gasteiger partial charge is 0.0294 e. The third-order valence-corrected chi connectivity index (χ3v) is 5.63. The van der Waals surface area contributed by atoms with Gasteiger partial charge in [-0.25, -0.2) is 0 Å². The van der Waals surface area contributed by atoms with E-state index in [0.29, 0.717) is 6.04 Å². The van der Waals surface area contributed by atoms with Crippen molar-refractivity contribution in [1.29, 1.82) is 0 Å². The summed E-state index contributed by atoms with van der Waals surface area (Å²) >= 11 is 2.10. The molecule has 104 valence electrons. The summed E-state index contributed by atoms with van der Waals surface area (Å²) in [4.78, 5) is 0. The van der Waals surface area contributed by atoms with E-state index < -0.39 is 0 Å². The molecule has 2 heteroatoms. The number of aryl methyl sites for hydroxylation is 2. The van der Waals surface area contributed by atoms with E-state index in [1.54, 1.807) is 11.1 Å². The van der Waals surface area contributed by atoms with Gasteiger partial charge in [-0.05, 0) is 73.6 Å². The molecule has 0 aromatic heterocycles. The van der Waals surface area contributed by atoms with Crippen LogP contribution in [-0.4, -0.2) is 17.5 Å². The first-order valence-electron chi connectivity index (χ1n) is 7.78. The molecular formula is C17H25NS. The Bertz CT molecular complexity index is 423. The molecule has 2 aliphatic rings. The van der Waals surface area contributed by atoms with Gasteiger partial charge in [-0.3, -0.25) is 0 Å². The van der Waals surface area contributed by atoms with Crippen LogP contribution in [0.1, 0.15) is 55.3 Å². The monoisotopic (exact) mass is 275 g/mol. The molecule has 0 bridgehead atoms. The van der Waals surface area contributed by atoms with Gasteiger partial charge in [-0.1, -0.05) is 18.2 Å². The fourth-order valence-corrected chi connectivity index (χ4v) is 4.44. The molecule has 1 nitrogen and oxygen atoms in total. The van der Waals surface area contributed by atoms with Crippen molar-refractivity contribution in [2.24, 2.45) is 0 Å². The lowest BCUT2D eigenvalue weighted by atomic mass is 9.89. The lowest BCUT2D eigenvalue weighted by molar-refractivity contribution is 0.431. The Labute approximate surface area is 121 Å². The van der Waals surface area contributed by atoms with E-state index in [0.717, 1.165) is 6.04 Å². The van der Waals surface area contributed by atoms with Gasteiger partial charge in [-0.15, -0.1) is 0 Å². The van der Waals surface area contributed by atoms with Crippen molar-refractivity contribution in [3.05, 3.63) is 34.9 Å². The highest BCUT2D eigenvalue weighted by Crippen LogP contribution is 2.26. The Morgan fingerprint density at radius 1 is 1.11 bits per heavy atom. The fraction of sp³-hybridized carbons (Fsp3) is 0.647. The summed E-state index contributed by atoms with van der Waals surface area (Å²) in [6.07, 6.45) is 7.99. The molecule has 1 heterocycles. The molecule has 1 aliphatic carbocycles. The molecule has 1 aliphatic heterocycles. The van der Waals surface area contributed by atoms with Crippen LogP contribution in [0.3, 0.4) is 0 Å². The van der Waals surface area contributed by atoms with E-state index in [1.165, 1.54) is 55.6 Å². The molecule has 0 amide bonds. The Morgan fingerprint density at radius 3 is 2.63 bits per heavy atom. The van der Waals surface area contributed by atoms with Gasteiger partial charge in [-0.2, -0.15) is 11.8 Å². The first-order valence-corrected chi connectivity index (χ1v) is 8.94. The van der Waals surface area contributed by atoms with Crippen LogP contribution in [0, 0.1) is 0 Å². The van der Waals surface area contributed by atoms with Crippen LogP contribution >= 0.6 is 11.8 Å². The standard InChI is InChI=1S/C17H25NS/c1-13(18-17-8-10-19-11-9-17)15-7-6-14-4-2-3-5-16(14)12-15/h6-7,12-13,17-18H,2-5,8-11H2,1H3/t13-/m1/s1. The van der Waals surface area contributed by atoms with Crippen LogP contribution in [0.4, 0.5) is 0 Å². The second-order valence-electron chi connectivity index (χ2n) is 6.01. The molecule has 1 fully saturated rings. The van der Waals surface area contributed by atoms with Gasteiger partial charge in [0.1, 0.15) is 0 Å². The highest BCUT2D eigenvalue weighted by molar-refractivity contribution is 7.99. The molecule has 1 saturated heterocycles. The normalized spacial score (nSPS) is 21.9. The molecule has 1 N–H and O–H groups in total. The minimum atomic E-state index is 0.500. The lowest BCUT2D eigenvalue weighted by Gasteiger charge is -2.27.